The summed E-state index contributed by atoms with van der Waals surface area (Å²) in [6.45, 7) is 8.13. The van der Waals surface area contributed by atoms with Gasteiger partial charge in [-0.3, -0.25) is 9.59 Å². The fraction of sp³-hybridized carbons (Fsp3) is 0.619. The normalized spacial score (nSPS) is 18.0. The van der Waals surface area contributed by atoms with Crippen molar-refractivity contribution in [3.8, 4) is 0 Å². The van der Waals surface area contributed by atoms with Crippen molar-refractivity contribution in [2.75, 3.05) is 0 Å². The van der Waals surface area contributed by atoms with Crippen LogP contribution >= 0.6 is 0 Å². The maximum absolute atomic E-state index is 12.2. The van der Waals surface area contributed by atoms with Crippen molar-refractivity contribution in [2.45, 2.75) is 78.3 Å². The van der Waals surface area contributed by atoms with Gasteiger partial charge in [-0.05, 0) is 50.3 Å². The predicted molar refractivity (Wildman–Crippen MR) is 106 cm³/mol. The summed E-state index contributed by atoms with van der Waals surface area (Å²) in [4.78, 5) is 23.8. The van der Waals surface area contributed by atoms with Crippen molar-refractivity contribution in [3.05, 3.63) is 29.1 Å². The van der Waals surface area contributed by atoms with E-state index in [-0.39, 0.29) is 11.8 Å². The van der Waals surface area contributed by atoms with Crippen molar-refractivity contribution in [2.24, 2.45) is 11.7 Å². The van der Waals surface area contributed by atoms with Crippen molar-refractivity contribution >= 4 is 17.9 Å². The van der Waals surface area contributed by atoms with Crippen LogP contribution in [0.5, 0.6) is 0 Å². The Morgan fingerprint density at radius 3 is 2.54 bits per heavy atom. The van der Waals surface area contributed by atoms with Crippen LogP contribution in [0.1, 0.15) is 75.4 Å². The van der Waals surface area contributed by atoms with Gasteiger partial charge in [0.15, 0.2) is 0 Å². The van der Waals surface area contributed by atoms with Gasteiger partial charge in [-0.1, -0.05) is 39.5 Å². The Morgan fingerprint density at radius 2 is 1.96 bits per heavy atom. The first-order chi connectivity index (χ1) is 12.3. The number of nitrogens with one attached hydrogen (secondary N) is 1. The molecule has 0 saturated heterocycles. The number of primary amides is 1. The predicted octanol–water partition coefficient (Wildman–Crippen LogP) is 3.64. The number of hydrogen-bond acceptors (Lipinski definition) is 2. The number of aryl methyl sites for hydroxylation is 1. The zero-order valence-corrected chi connectivity index (χ0v) is 16.5. The van der Waals surface area contributed by atoms with E-state index in [4.69, 9.17) is 5.73 Å². The Labute approximate surface area is 157 Å². The van der Waals surface area contributed by atoms with Crippen molar-refractivity contribution < 1.29 is 9.59 Å². The summed E-state index contributed by atoms with van der Waals surface area (Å²) in [6, 6.07) is 2.07. The number of rotatable bonds is 7. The summed E-state index contributed by atoms with van der Waals surface area (Å²) in [6.07, 6.45) is 10.5. The number of hydrogen-bond donors (Lipinski definition) is 2. The van der Waals surface area contributed by atoms with Gasteiger partial charge in [0.05, 0.1) is 0 Å². The Kier molecular flexibility index (Phi) is 7.06. The van der Waals surface area contributed by atoms with Crippen LogP contribution in [0, 0.1) is 19.8 Å². The molecular formula is C21H33N3O2. The Hall–Kier alpha value is -2.04. The molecule has 1 fully saturated rings. The lowest BCUT2D eigenvalue weighted by molar-refractivity contribution is -0.126. The van der Waals surface area contributed by atoms with Gasteiger partial charge in [-0.15, -0.1) is 0 Å². The average molecular weight is 360 g/mol. The maximum Gasteiger partial charge on any atom is 0.244 e. The molecule has 1 aliphatic rings. The molecule has 144 valence electrons. The van der Waals surface area contributed by atoms with Gasteiger partial charge in [-0.25, -0.2) is 0 Å². The summed E-state index contributed by atoms with van der Waals surface area (Å²) in [5.74, 6) is -0.755. The Balaban J connectivity index is 2.10. The topological polar surface area (TPSA) is 77.1 Å². The highest BCUT2D eigenvalue weighted by atomic mass is 16.2. The van der Waals surface area contributed by atoms with Crippen LogP contribution < -0.4 is 11.1 Å². The SMILES string of the molecule is CCC(C)C(NC(=O)C=Cc1cc(C)n(C2CCCCC2)c1C)C(N)=O. The van der Waals surface area contributed by atoms with E-state index in [9.17, 15) is 9.59 Å². The van der Waals surface area contributed by atoms with Crippen LogP contribution in [-0.4, -0.2) is 22.4 Å². The molecule has 1 aromatic rings. The standard InChI is InChI=1S/C21H33N3O2/c1-5-14(2)20(21(22)26)23-19(25)12-11-17-13-15(3)24(16(17)4)18-9-7-6-8-10-18/h11-14,18,20H,5-10H2,1-4H3,(H2,22,26)(H,23,25). The lowest BCUT2D eigenvalue weighted by Crippen LogP contribution is -2.47. The van der Waals surface area contributed by atoms with E-state index in [0.29, 0.717) is 6.04 Å². The smallest absolute Gasteiger partial charge is 0.244 e. The number of nitrogens with two attached hydrogens (primary N) is 1. The number of nitrogens with zero attached hydrogens (tertiary/aromatic N) is 1. The summed E-state index contributed by atoms with van der Waals surface area (Å²) >= 11 is 0. The molecule has 2 amide bonds. The highest BCUT2D eigenvalue weighted by molar-refractivity contribution is 5.95. The number of carbonyl (C=O) groups is 2. The first-order valence-corrected chi connectivity index (χ1v) is 9.81. The van der Waals surface area contributed by atoms with E-state index in [1.54, 1.807) is 0 Å². The van der Waals surface area contributed by atoms with Gasteiger partial charge in [0.25, 0.3) is 0 Å². The molecule has 1 aromatic heterocycles. The first-order valence-electron chi connectivity index (χ1n) is 9.81. The average Bonchev–Trinajstić information content (AvgIpc) is 2.91. The second-order valence-corrected chi connectivity index (χ2v) is 7.60. The third kappa shape index (κ3) is 4.77. The monoisotopic (exact) mass is 359 g/mol. The molecule has 5 nitrogen and oxygen atoms in total. The van der Waals surface area contributed by atoms with Gasteiger partial charge < -0.3 is 15.6 Å². The molecule has 1 saturated carbocycles. The highest BCUT2D eigenvalue weighted by Gasteiger charge is 2.23. The van der Waals surface area contributed by atoms with Crippen LogP contribution in [0.3, 0.4) is 0 Å². The van der Waals surface area contributed by atoms with Gasteiger partial charge in [0.2, 0.25) is 11.8 Å². The van der Waals surface area contributed by atoms with Gasteiger partial charge >= 0.3 is 0 Å². The van der Waals surface area contributed by atoms with E-state index < -0.39 is 11.9 Å². The van der Waals surface area contributed by atoms with E-state index in [0.717, 1.165) is 12.0 Å². The van der Waals surface area contributed by atoms with Gasteiger partial charge in [0.1, 0.15) is 6.04 Å². The van der Waals surface area contributed by atoms with Gasteiger partial charge in [0, 0.05) is 23.5 Å². The van der Waals surface area contributed by atoms with Crippen LogP contribution in [-0.2, 0) is 9.59 Å². The molecule has 0 aromatic carbocycles. The molecule has 1 aliphatic carbocycles. The quantitative estimate of drug-likeness (QED) is 0.729. The molecule has 1 heterocycles. The molecule has 0 spiro atoms. The van der Waals surface area contributed by atoms with Crippen LogP contribution in [0.15, 0.2) is 12.1 Å². The first kappa shape index (κ1) is 20.3. The van der Waals surface area contributed by atoms with E-state index in [2.05, 4.69) is 29.8 Å². The number of carbonyl (C=O) groups excluding carboxylic acids is 2. The zero-order chi connectivity index (χ0) is 19.3. The fourth-order valence-electron chi connectivity index (χ4n) is 3.97. The third-order valence-electron chi connectivity index (χ3n) is 5.69. The summed E-state index contributed by atoms with van der Waals surface area (Å²) in [7, 11) is 0. The molecule has 2 rings (SSSR count). The molecule has 2 atom stereocenters. The maximum atomic E-state index is 12.2. The molecular weight excluding hydrogens is 326 g/mol. The minimum absolute atomic E-state index is 0.0150. The molecule has 2 unspecified atom stereocenters. The van der Waals surface area contributed by atoms with E-state index in [1.165, 1.54) is 49.6 Å². The molecule has 26 heavy (non-hydrogen) atoms. The zero-order valence-electron chi connectivity index (χ0n) is 16.5. The molecule has 3 N–H and O–H groups in total. The van der Waals surface area contributed by atoms with Crippen LogP contribution in [0.4, 0.5) is 0 Å². The number of aromatic nitrogens is 1. The minimum atomic E-state index is -0.633. The fourth-order valence-corrected chi connectivity index (χ4v) is 3.97. The lowest BCUT2D eigenvalue weighted by atomic mass is 9.95. The van der Waals surface area contributed by atoms with Crippen molar-refractivity contribution in [1.82, 2.24) is 9.88 Å². The second-order valence-electron chi connectivity index (χ2n) is 7.60. The summed E-state index contributed by atoms with van der Waals surface area (Å²) in [5, 5.41) is 2.73. The lowest BCUT2D eigenvalue weighted by Gasteiger charge is -2.26. The summed E-state index contributed by atoms with van der Waals surface area (Å²) < 4.78 is 2.42. The largest absolute Gasteiger partial charge is 0.368 e. The molecule has 0 radical (unpaired) electrons. The van der Waals surface area contributed by atoms with Gasteiger partial charge in [-0.2, -0.15) is 0 Å². The third-order valence-corrected chi connectivity index (χ3v) is 5.69. The van der Waals surface area contributed by atoms with Crippen LogP contribution in [0.2, 0.25) is 0 Å². The molecule has 0 aliphatic heterocycles. The molecule has 5 heteroatoms. The van der Waals surface area contributed by atoms with E-state index >= 15 is 0 Å². The Bertz CT molecular complexity index is 669. The molecule has 0 bridgehead atoms. The number of amides is 2. The van der Waals surface area contributed by atoms with Crippen molar-refractivity contribution in [1.29, 1.82) is 0 Å². The highest BCUT2D eigenvalue weighted by Crippen LogP contribution is 2.32. The second kappa shape index (κ2) is 9.06. The van der Waals surface area contributed by atoms with E-state index in [1.807, 2.05) is 19.9 Å². The summed E-state index contributed by atoms with van der Waals surface area (Å²) in [5.41, 5.74) is 8.92. The van der Waals surface area contributed by atoms with Crippen LogP contribution in [0.25, 0.3) is 6.08 Å². The minimum Gasteiger partial charge on any atom is -0.368 e. The Morgan fingerprint density at radius 1 is 1.31 bits per heavy atom. The van der Waals surface area contributed by atoms with Crippen molar-refractivity contribution in [3.63, 3.8) is 0 Å².